The van der Waals surface area contributed by atoms with Gasteiger partial charge in [0.05, 0.1) is 6.61 Å². The summed E-state index contributed by atoms with van der Waals surface area (Å²) in [6.45, 7) is 7.10. The van der Waals surface area contributed by atoms with Crippen LogP contribution in [0.15, 0.2) is 0 Å². The lowest BCUT2D eigenvalue weighted by Gasteiger charge is -2.34. The Hall–Kier alpha value is -0.0800. The highest BCUT2D eigenvalue weighted by molar-refractivity contribution is 4.82. The predicted molar refractivity (Wildman–Crippen MR) is 60.3 cm³/mol. The van der Waals surface area contributed by atoms with Gasteiger partial charge in [0, 0.05) is 12.1 Å². The Morgan fingerprint density at radius 2 is 2.00 bits per heavy atom. The molecule has 0 bridgehead atoms. The smallest absolute Gasteiger partial charge is 0.0584 e. The van der Waals surface area contributed by atoms with Crippen LogP contribution >= 0.6 is 0 Å². The molecule has 0 aromatic heterocycles. The molecule has 2 heteroatoms. The number of rotatable bonds is 4. The molecule has 0 heterocycles. The second kappa shape index (κ2) is 5.72. The molecule has 1 aliphatic rings. The van der Waals surface area contributed by atoms with E-state index >= 15 is 0 Å². The summed E-state index contributed by atoms with van der Waals surface area (Å²) in [7, 11) is 0. The normalized spacial score (nSPS) is 35.6. The lowest BCUT2D eigenvalue weighted by atomic mass is 9.79. The van der Waals surface area contributed by atoms with Gasteiger partial charge in [-0.15, -0.1) is 0 Å². The van der Waals surface area contributed by atoms with Crippen molar-refractivity contribution in [3.8, 4) is 0 Å². The minimum atomic E-state index is 0.275. The van der Waals surface area contributed by atoms with Gasteiger partial charge < -0.3 is 10.4 Å². The Balaban J connectivity index is 2.32. The minimum Gasteiger partial charge on any atom is -0.395 e. The van der Waals surface area contributed by atoms with Crippen molar-refractivity contribution in [3.05, 3.63) is 0 Å². The number of aliphatic hydroxyl groups is 1. The molecule has 14 heavy (non-hydrogen) atoms. The largest absolute Gasteiger partial charge is 0.395 e. The summed E-state index contributed by atoms with van der Waals surface area (Å²) >= 11 is 0. The summed E-state index contributed by atoms with van der Waals surface area (Å²) in [5.41, 5.74) is 0. The summed E-state index contributed by atoms with van der Waals surface area (Å²) in [5.74, 6) is 1.71. The van der Waals surface area contributed by atoms with Crippen molar-refractivity contribution in [2.45, 2.75) is 58.5 Å². The monoisotopic (exact) mass is 199 g/mol. The van der Waals surface area contributed by atoms with Gasteiger partial charge in [0.1, 0.15) is 0 Å². The number of hydrogen-bond acceptors (Lipinski definition) is 2. The Morgan fingerprint density at radius 1 is 1.29 bits per heavy atom. The van der Waals surface area contributed by atoms with Gasteiger partial charge in [0.2, 0.25) is 0 Å². The maximum absolute atomic E-state index is 9.11. The Bertz CT molecular complexity index is 156. The molecular weight excluding hydrogens is 174 g/mol. The molecule has 1 aliphatic carbocycles. The third-order valence-electron chi connectivity index (χ3n) is 3.78. The SMILES string of the molecule is CC[C@H](CO)N[C@@H]1CC[C@@H](C)[C@H](C)C1. The molecular formula is C12H25NO. The van der Waals surface area contributed by atoms with E-state index in [1.807, 2.05) is 0 Å². The predicted octanol–water partition coefficient (Wildman–Crippen LogP) is 2.17. The zero-order chi connectivity index (χ0) is 10.6. The molecule has 0 unspecified atom stereocenters. The zero-order valence-electron chi connectivity index (χ0n) is 9.79. The van der Waals surface area contributed by atoms with Gasteiger partial charge in [0.25, 0.3) is 0 Å². The molecule has 1 rings (SSSR count). The molecule has 0 aromatic carbocycles. The zero-order valence-corrected chi connectivity index (χ0v) is 9.79. The van der Waals surface area contributed by atoms with Gasteiger partial charge in [-0.25, -0.2) is 0 Å². The van der Waals surface area contributed by atoms with E-state index in [0.29, 0.717) is 12.1 Å². The van der Waals surface area contributed by atoms with Crippen molar-refractivity contribution >= 4 is 0 Å². The van der Waals surface area contributed by atoms with Crippen molar-refractivity contribution in [2.75, 3.05) is 6.61 Å². The summed E-state index contributed by atoms with van der Waals surface area (Å²) in [6.07, 6.45) is 4.91. The fourth-order valence-electron chi connectivity index (χ4n) is 2.33. The summed E-state index contributed by atoms with van der Waals surface area (Å²) in [4.78, 5) is 0. The highest BCUT2D eigenvalue weighted by atomic mass is 16.3. The van der Waals surface area contributed by atoms with Crippen molar-refractivity contribution in [3.63, 3.8) is 0 Å². The maximum atomic E-state index is 9.11. The number of aliphatic hydroxyl groups excluding tert-OH is 1. The molecule has 4 atom stereocenters. The van der Waals surface area contributed by atoms with Gasteiger partial charge in [-0.3, -0.25) is 0 Å². The van der Waals surface area contributed by atoms with E-state index in [0.717, 1.165) is 18.3 Å². The lowest BCUT2D eigenvalue weighted by molar-refractivity contribution is 0.180. The first-order valence-electron chi connectivity index (χ1n) is 6.04. The van der Waals surface area contributed by atoms with Crippen LogP contribution in [0.4, 0.5) is 0 Å². The molecule has 0 saturated heterocycles. The lowest BCUT2D eigenvalue weighted by Crippen LogP contribution is -2.43. The van der Waals surface area contributed by atoms with E-state index < -0.39 is 0 Å². The highest BCUT2D eigenvalue weighted by Crippen LogP contribution is 2.29. The van der Waals surface area contributed by atoms with E-state index in [9.17, 15) is 0 Å². The van der Waals surface area contributed by atoms with Crippen LogP contribution in [0, 0.1) is 11.8 Å². The molecule has 0 radical (unpaired) electrons. The topological polar surface area (TPSA) is 32.3 Å². The van der Waals surface area contributed by atoms with Crippen molar-refractivity contribution < 1.29 is 5.11 Å². The van der Waals surface area contributed by atoms with Crippen LogP contribution < -0.4 is 5.32 Å². The van der Waals surface area contributed by atoms with Gasteiger partial charge >= 0.3 is 0 Å². The molecule has 2 nitrogen and oxygen atoms in total. The van der Waals surface area contributed by atoms with Gasteiger partial charge in [-0.1, -0.05) is 20.8 Å². The molecule has 0 amide bonds. The summed E-state index contributed by atoms with van der Waals surface area (Å²) in [5, 5.41) is 12.7. The highest BCUT2D eigenvalue weighted by Gasteiger charge is 2.25. The number of hydrogen-bond donors (Lipinski definition) is 2. The quantitative estimate of drug-likeness (QED) is 0.727. The van der Waals surface area contributed by atoms with Crippen LogP contribution in [0.2, 0.25) is 0 Å². The number of nitrogens with one attached hydrogen (secondary N) is 1. The van der Waals surface area contributed by atoms with Gasteiger partial charge in [-0.05, 0) is 37.5 Å². The van der Waals surface area contributed by atoms with Crippen LogP contribution in [0.25, 0.3) is 0 Å². The van der Waals surface area contributed by atoms with E-state index in [1.54, 1.807) is 0 Å². The van der Waals surface area contributed by atoms with E-state index in [4.69, 9.17) is 5.11 Å². The average Bonchev–Trinajstić information content (AvgIpc) is 2.19. The van der Waals surface area contributed by atoms with Crippen LogP contribution in [0.3, 0.4) is 0 Å². The van der Waals surface area contributed by atoms with Crippen LogP contribution in [-0.2, 0) is 0 Å². The summed E-state index contributed by atoms with van der Waals surface area (Å²) in [6, 6.07) is 0.943. The molecule has 1 fully saturated rings. The minimum absolute atomic E-state index is 0.275. The second-order valence-corrected chi connectivity index (χ2v) is 4.92. The molecule has 0 spiro atoms. The first-order chi connectivity index (χ1) is 6.67. The first kappa shape index (κ1) is 12.0. The molecule has 84 valence electrons. The van der Waals surface area contributed by atoms with E-state index in [-0.39, 0.29) is 6.61 Å². The molecule has 0 aliphatic heterocycles. The van der Waals surface area contributed by atoms with Gasteiger partial charge in [-0.2, -0.15) is 0 Å². The first-order valence-corrected chi connectivity index (χ1v) is 6.04. The van der Waals surface area contributed by atoms with Crippen LogP contribution in [-0.4, -0.2) is 23.8 Å². The van der Waals surface area contributed by atoms with Crippen molar-refractivity contribution in [2.24, 2.45) is 11.8 Å². The average molecular weight is 199 g/mol. The van der Waals surface area contributed by atoms with Gasteiger partial charge in [0.15, 0.2) is 0 Å². The summed E-state index contributed by atoms with van der Waals surface area (Å²) < 4.78 is 0. The fraction of sp³-hybridized carbons (Fsp3) is 1.00. The van der Waals surface area contributed by atoms with Crippen LogP contribution in [0.5, 0.6) is 0 Å². The Morgan fingerprint density at radius 3 is 2.50 bits per heavy atom. The van der Waals surface area contributed by atoms with Crippen molar-refractivity contribution in [1.29, 1.82) is 0 Å². The Kier molecular flexibility index (Phi) is 4.90. The second-order valence-electron chi connectivity index (χ2n) is 4.92. The van der Waals surface area contributed by atoms with E-state index in [2.05, 4.69) is 26.1 Å². The van der Waals surface area contributed by atoms with E-state index in [1.165, 1.54) is 19.3 Å². The standard InChI is InChI=1S/C12H25NO/c1-4-11(8-14)13-12-6-5-9(2)10(3)7-12/h9-14H,4-8H2,1-3H3/t9-,10-,11-,12-/m1/s1. The molecule has 0 aromatic rings. The third kappa shape index (κ3) is 3.25. The molecule has 1 saturated carbocycles. The maximum Gasteiger partial charge on any atom is 0.0584 e. The third-order valence-corrected chi connectivity index (χ3v) is 3.78. The Labute approximate surface area is 88.1 Å². The fourth-order valence-corrected chi connectivity index (χ4v) is 2.33. The van der Waals surface area contributed by atoms with Crippen LogP contribution in [0.1, 0.15) is 46.5 Å². The van der Waals surface area contributed by atoms with Crippen molar-refractivity contribution in [1.82, 2.24) is 5.32 Å². The molecule has 2 N–H and O–H groups in total.